The normalized spacial score (nSPS) is 25.6. The van der Waals surface area contributed by atoms with Crippen molar-refractivity contribution in [2.75, 3.05) is 0 Å². The fraction of sp³-hybridized carbons (Fsp3) is 0.200. The smallest absolute Gasteiger partial charge is 0.150 e. The molecule has 0 aliphatic heterocycles. The Morgan fingerprint density at radius 3 is 2.33 bits per heavy atom. The van der Waals surface area contributed by atoms with E-state index < -0.39 is 17.3 Å². The Morgan fingerprint density at radius 1 is 1.19 bits per heavy atom. The molecule has 100 valence electrons. The average molecular weight is 338 g/mol. The first-order chi connectivity index (χ1) is 10.1. The van der Waals surface area contributed by atoms with Crippen LogP contribution < -0.4 is 5.73 Å². The van der Waals surface area contributed by atoms with Crippen LogP contribution in [0.5, 0.6) is 0 Å². The van der Waals surface area contributed by atoms with Crippen LogP contribution in [0.15, 0.2) is 40.0 Å². The maximum atomic E-state index is 9.52. The minimum Gasteiger partial charge on any atom is -0.399 e. The zero-order chi connectivity index (χ0) is 15.6. The molecular formula is C15H8BrN5. The van der Waals surface area contributed by atoms with E-state index in [1.165, 1.54) is 0 Å². The molecule has 1 fully saturated rings. The SMILES string of the molecule is N#CC(C#N)=C(N)C1(C#N)C(C#N)C1c1cccc(Br)c1. The number of benzene rings is 1. The van der Waals surface area contributed by atoms with Crippen LogP contribution in [0.3, 0.4) is 0 Å². The first kappa shape index (κ1) is 14.6. The number of hydrogen-bond donors (Lipinski definition) is 1. The molecule has 5 nitrogen and oxygen atoms in total. The number of nitrogens with two attached hydrogens (primary N) is 1. The molecule has 0 radical (unpaired) electrons. The third-order valence-corrected chi connectivity index (χ3v) is 4.17. The summed E-state index contributed by atoms with van der Waals surface area (Å²) in [6.45, 7) is 0. The number of nitriles is 4. The van der Waals surface area contributed by atoms with Crippen LogP contribution in [0, 0.1) is 56.7 Å². The van der Waals surface area contributed by atoms with E-state index in [2.05, 4.69) is 22.0 Å². The summed E-state index contributed by atoms with van der Waals surface area (Å²) in [5, 5.41) is 36.7. The third-order valence-electron chi connectivity index (χ3n) is 3.68. The van der Waals surface area contributed by atoms with Gasteiger partial charge in [0.1, 0.15) is 23.1 Å². The van der Waals surface area contributed by atoms with Crippen molar-refractivity contribution >= 4 is 15.9 Å². The molecule has 21 heavy (non-hydrogen) atoms. The molecule has 1 aliphatic carbocycles. The Kier molecular flexibility index (Phi) is 3.68. The second-order valence-electron chi connectivity index (χ2n) is 4.63. The molecule has 6 heteroatoms. The quantitative estimate of drug-likeness (QED) is 0.830. The van der Waals surface area contributed by atoms with E-state index in [1.54, 1.807) is 30.3 Å². The lowest BCUT2D eigenvalue weighted by Gasteiger charge is -2.09. The first-order valence-corrected chi connectivity index (χ1v) is 6.72. The van der Waals surface area contributed by atoms with Gasteiger partial charge in [-0.3, -0.25) is 0 Å². The fourth-order valence-corrected chi connectivity index (χ4v) is 3.02. The minimum absolute atomic E-state index is 0.119. The van der Waals surface area contributed by atoms with Crippen molar-refractivity contribution in [2.45, 2.75) is 5.92 Å². The van der Waals surface area contributed by atoms with Crippen molar-refractivity contribution < 1.29 is 0 Å². The lowest BCUT2D eigenvalue weighted by Crippen LogP contribution is -2.17. The monoisotopic (exact) mass is 337 g/mol. The Bertz CT molecular complexity index is 783. The third kappa shape index (κ3) is 2.03. The van der Waals surface area contributed by atoms with Crippen molar-refractivity contribution in [3.63, 3.8) is 0 Å². The molecule has 0 bridgehead atoms. The summed E-state index contributed by atoms with van der Waals surface area (Å²) in [6.07, 6.45) is 0. The molecule has 1 aliphatic rings. The van der Waals surface area contributed by atoms with Gasteiger partial charge in [-0.25, -0.2) is 0 Å². The van der Waals surface area contributed by atoms with Crippen LogP contribution in [-0.4, -0.2) is 0 Å². The summed E-state index contributed by atoms with van der Waals surface area (Å²) in [5.41, 5.74) is 4.91. The van der Waals surface area contributed by atoms with E-state index >= 15 is 0 Å². The lowest BCUT2D eigenvalue weighted by atomic mass is 9.94. The van der Waals surface area contributed by atoms with Gasteiger partial charge in [-0.05, 0) is 17.7 Å². The summed E-state index contributed by atoms with van der Waals surface area (Å²) >= 11 is 3.34. The van der Waals surface area contributed by atoms with Crippen LogP contribution in [-0.2, 0) is 0 Å². The Labute approximate surface area is 130 Å². The fourth-order valence-electron chi connectivity index (χ4n) is 2.61. The number of nitrogens with zero attached hydrogens (tertiary/aromatic N) is 4. The van der Waals surface area contributed by atoms with Crippen LogP contribution in [0.1, 0.15) is 11.5 Å². The Hall–Kier alpha value is -2.80. The molecule has 3 unspecified atom stereocenters. The zero-order valence-electron chi connectivity index (χ0n) is 10.7. The molecule has 2 rings (SSSR count). The van der Waals surface area contributed by atoms with E-state index in [0.29, 0.717) is 0 Å². The van der Waals surface area contributed by atoms with Gasteiger partial charge in [0.05, 0.1) is 23.8 Å². The highest BCUT2D eigenvalue weighted by atomic mass is 79.9. The standard InChI is InChI=1S/C15H8BrN5/c16-11-3-1-2-9(4-11)13-12(7-19)15(13,8-20)14(21)10(5-17)6-18/h1-4,12-13H,21H2. The molecule has 0 amide bonds. The molecule has 1 aromatic carbocycles. The summed E-state index contributed by atoms with van der Waals surface area (Å²) in [7, 11) is 0. The average Bonchev–Trinajstić information content (AvgIpc) is 3.17. The van der Waals surface area contributed by atoms with Gasteiger partial charge >= 0.3 is 0 Å². The van der Waals surface area contributed by atoms with Gasteiger partial charge in [-0.2, -0.15) is 21.0 Å². The molecule has 1 aromatic rings. The van der Waals surface area contributed by atoms with Crippen molar-refractivity contribution in [1.82, 2.24) is 0 Å². The molecule has 2 N–H and O–H groups in total. The molecule has 0 saturated heterocycles. The Balaban J connectivity index is 2.60. The molecule has 3 atom stereocenters. The van der Waals surface area contributed by atoms with Gasteiger partial charge in [-0.15, -0.1) is 0 Å². The van der Waals surface area contributed by atoms with Crippen molar-refractivity contribution in [2.24, 2.45) is 17.1 Å². The van der Waals surface area contributed by atoms with E-state index in [1.807, 2.05) is 12.1 Å². The largest absolute Gasteiger partial charge is 0.399 e. The van der Waals surface area contributed by atoms with Crippen molar-refractivity contribution in [1.29, 1.82) is 21.0 Å². The maximum absolute atomic E-state index is 9.52. The predicted octanol–water partition coefficient (Wildman–Crippen LogP) is 2.46. The molecule has 0 heterocycles. The molecular weight excluding hydrogens is 330 g/mol. The van der Waals surface area contributed by atoms with Crippen molar-refractivity contribution in [3.8, 4) is 24.3 Å². The minimum atomic E-state index is -1.31. The van der Waals surface area contributed by atoms with Crippen LogP contribution in [0.2, 0.25) is 0 Å². The van der Waals surface area contributed by atoms with E-state index in [4.69, 9.17) is 16.3 Å². The molecule has 0 aromatic heterocycles. The van der Waals surface area contributed by atoms with E-state index in [-0.39, 0.29) is 11.3 Å². The second-order valence-corrected chi connectivity index (χ2v) is 5.55. The predicted molar refractivity (Wildman–Crippen MR) is 76.5 cm³/mol. The summed E-state index contributed by atoms with van der Waals surface area (Å²) in [5.74, 6) is -1.12. The van der Waals surface area contributed by atoms with Crippen LogP contribution in [0.4, 0.5) is 0 Å². The van der Waals surface area contributed by atoms with Gasteiger partial charge in [-0.1, -0.05) is 28.1 Å². The van der Waals surface area contributed by atoms with Gasteiger partial charge < -0.3 is 5.73 Å². The number of rotatable bonds is 2. The second kappa shape index (κ2) is 5.29. The van der Waals surface area contributed by atoms with E-state index in [0.717, 1.165) is 10.0 Å². The zero-order valence-corrected chi connectivity index (χ0v) is 12.3. The highest BCUT2D eigenvalue weighted by molar-refractivity contribution is 9.10. The first-order valence-electron chi connectivity index (χ1n) is 5.93. The van der Waals surface area contributed by atoms with Gasteiger partial charge in [0, 0.05) is 10.4 Å². The molecule has 1 saturated carbocycles. The van der Waals surface area contributed by atoms with Gasteiger partial charge in [0.15, 0.2) is 0 Å². The lowest BCUT2D eigenvalue weighted by molar-refractivity contribution is 0.719. The Morgan fingerprint density at radius 2 is 1.86 bits per heavy atom. The number of hydrogen-bond acceptors (Lipinski definition) is 5. The highest BCUT2D eigenvalue weighted by Gasteiger charge is 2.69. The van der Waals surface area contributed by atoms with Crippen LogP contribution >= 0.6 is 15.9 Å². The van der Waals surface area contributed by atoms with Crippen molar-refractivity contribution in [3.05, 3.63) is 45.6 Å². The number of halogens is 1. The van der Waals surface area contributed by atoms with Gasteiger partial charge in [0.2, 0.25) is 0 Å². The maximum Gasteiger partial charge on any atom is 0.150 e. The van der Waals surface area contributed by atoms with Gasteiger partial charge in [0.25, 0.3) is 0 Å². The summed E-state index contributed by atoms with van der Waals surface area (Å²) < 4.78 is 0.818. The highest BCUT2D eigenvalue weighted by Crippen LogP contribution is 2.67. The summed E-state index contributed by atoms with van der Waals surface area (Å²) in [6, 6.07) is 14.7. The van der Waals surface area contributed by atoms with E-state index in [9.17, 15) is 10.5 Å². The summed E-state index contributed by atoms with van der Waals surface area (Å²) in [4.78, 5) is 0. The topological polar surface area (TPSA) is 121 Å². The number of allylic oxidation sites excluding steroid dienone is 2. The van der Waals surface area contributed by atoms with Crippen LogP contribution in [0.25, 0.3) is 0 Å². The molecule has 0 spiro atoms.